The van der Waals surface area contributed by atoms with Crippen LogP contribution in [-0.4, -0.2) is 43.7 Å². The molecule has 1 aromatic heterocycles. The van der Waals surface area contributed by atoms with Crippen LogP contribution in [0.5, 0.6) is 17.2 Å². The molecular weight excluding hydrogens is 430 g/mol. The van der Waals surface area contributed by atoms with E-state index in [-0.39, 0.29) is 12.1 Å². The first-order valence-electron chi connectivity index (χ1n) is 11.2. The summed E-state index contributed by atoms with van der Waals surface area (Å²) >= 11 is 0. The van der Waals surface area contributed by atoms with Crippen molar-refractivity contribution < 1.29 is 19.0 Å². The first kappa shape index (κ1) is 21.7. The smallest absolute Gasteiger partial charge is 0.257 e. The van der Waals surface area contributed by atoms with Crippen LogP contribution in [0.15, 0.2) is 66.9 Å². The number of nitrogens with one attached hydrogen (secondary N) is 2. The number of carbonyl (C=O) groups is 1. The zero-order chi connectivity index (χ0) is 23.7. The van der Waals surface area contributed by atoms with Crippen LogP contribution in [0.2, 0.25) is 0 Å². The number of fused-ring (bicyclic) bond motifs is 2. The molecule has 2 heterocycles. The highest BCUT2D eigenvalue weighted by atomic mass is 16.5. The molecule has 1 aliphatic rings. The van der Waals surface area contributed by atoms with E-state index in [2.05, 4.69) is 10.3 Å². The molecule has 0 aliphatic carbocycles. The van der Waals surface area contributed by atoms with Crippen LogP contribution in [0.25, 0.3) is 10.9 Å². The number of anilines is 1. The monoisotopic (exact) mass is 457 g/mol. The average Bonchev–Trinajstić information content (AvgIpc) is 3.29. The Balaban J connectivity index is 1.50. The van der Waals surface area contributed by atoms with E-state index in [0.29, 0.717) is 30.0 Å². The summed E-state index contributed by atoms with van der Waals surface area (Å²) in [5, 5.41) is 4.65. The third-order valence-electron chi connectivity index (χ3n) is 6.34. The molecule has 2 N–H and O–H groups in total. The van der Waals surface area contributed by atoms with Crippen LogP contribution in [0.1, 0.15) is 27.7 Å². The second kappa shape index (κ2) is 9.02. The Morgan fingerprint density at radius 2 is 1.74 bits per heavy atom. The highest BCUT2D eigenvalue weighted by molar-refractivity contribution is 6.01. The van der Waals surface area contributed by atoms with Gasteiger partial charge in [-0.25, -0.2) is 0 Å². The molecule has 1 amide bonds. The predicted molar refractivity (Wildman–Crippen MR) is 132 cm³/mol. The molecule has 174 valence electrons. The predicted octanol–water partition coefficient (Wildman–Crippen LogP) is 5.00. The summed E-state index contributed by atoms with van der Waals surface area (Å²) in [7, 11) is 4.88. The summed E-state index contributed by atoms with van der Waals surface area (Å²) in [5.41, 5.74) is 4.58. The van der Waals surface area contributed by atoms with Gasteiger partial charge < -0.3 is 29.4 Å². The van der Waals surface area contributed by atoms with Crippen molar-refractivity contribution in [3.8, 4) is 17.2 Å². The molecule has 0 bridgehead atoms. The van der Waals surface area contributed by atoms with E-state index in [1.54, 1.807) is 21.3 Å². The zero-order valence-electron chi connectivity index (χ0n) is 19.4. The van der Waals surface area contributed by atoms with E-state index in [4.69, 9.17) is 14.2 Å². The maximum atomic E-state index is 13.6. The van der Waals surface area contributed by atoms with Gasteiger partial charge in [0.2, 0.25) is 0 Å². The summed E-state index contributed by atoms with van der Waals surface area (Å²) in [6, 6.07) is 19.3. The highest BCUT2D eigenvalue weighted by Crippen LogP contribution is 2.37. The second-order valence-corrected chi connectivity index (χ2v) is 8.18. The summed E-state index contributed by atoms with van der Waals surface area (Å²) in [4.78, 5) is 18.8. The summed E-state index contributed by atoms with van der Waals surface area (Å²) < 4.78 is 16.3. The number of hydrogen-bond donors (Lipinski definition) is 2. The topological polar surface area (TPSA) is 75.8 Å². The number of H-pyrrole nitrogens is 1. The quantitative estimate of drug-likeness (QED) is 0.408. The highest BCUT2D eigenvalue weighted by Gasteiger charge is 2.33. The van der Waals surface area contributed by atoms with Gasteiger partial charge in [0.25, 0.3) is 5.91 Å². The summed E-state index contributed by atoms with van der Waals surface area (Å²) in [6.07, 6.45) is 2.35. The fourth-order valence-electron chi connectivity index (χ4n) is 4.54. The number of nitrogens with zero attached hydrogens (tertiary/aromatic N) is 1. The minimum absolute atomic E-state index is 0.00782. The number of methoxy groups -OCH3 is 3. The molecule has 3 aromatic carbocycles. The van der Waals surface area contributed by atoms with Crippen molar-refractivity contribution in [3.05, 3.63) is 83.6 Å². The first-order chi connectivity index (χ1) is 16.6. The normalized spacial score (nSPS) is 15.1. The molecule has 7 heteroatoms. The Hall–Kier alpha value is -4.13. The molecule has 0 saturated carbocycles. The van der Waals surface area contributed by atoms with Crippen molar-refractivity contribution in [2.75, 3.05) is 33.2 Å². The molecule has 0 spiro atoms. The van der Waals surface area contributed by atoms with Crippen molar-refractivity contribution in [3.63, 3.8) is 0 Å². The summed E-state index contributed by atoms with van der Waals surface area (Å²) in [5.74, 6) is 2.07. The van der Waals surface area contributed by atoms with Crippen LogP contribution in [0, 0.1) is 0 Å². The second-order valence-electron chi connectivity index (χ2n) is 8.18. The molecule has 5 rings (SSSR count). The largest absolute Gasteiger partial charge is 0.497 e. The number of carbonyl (C=O) groups excluding carboxylic acids is 1. The fraction of sp³-hybridized carbons (Fsp3) is 0.222. The summed E-state index contributed by atoms with van der Waals surface area (Å²) in [6.45, 7) is 0.531. The van der Waals surface area contributed by atoms with Crippen LogP contribution in [0.4, 0.5) is 5.69 Å². The van der Waals surface area contributed by atoms with E-state index < -0.39 is 0 Å². The van der Waals surface area contributed by atoms with E-state index in [9.17, 15) is 4.79 Å². The van der Waals surface area contributed by atoms with Gasteiger partial charge in [0.05, 0.1) is 26.9 Å². The third kappa shape index (κ3) is 3.79. The van der Waals surface area contributed by atoms with Gasteiger partial charge in [-0.15, -0.1) is 0 Å². The van der Waals surface area contributed by atoms with E-state index in [0.717, 1.165) is 33.5 Å². The van der Waals surface area contributed by atoms with Gasteiger partial charge >= 0.3 is 0 Å². The molecule has 7 nitrogen and oxygen atoms in total. The van der Waals surface area contributed by atoms with Gasteiger partial charge in [0.15, 0.2) is 11.5 Å². The Bertz CT molecular complexity index is 1350. The van der Waals surface area contributed by atoms with Gasteiger partial charge in [0.1, 0.15) is 11.9 Å². The van der Waals surface area contributed by atoms with Gasteiger partial charge in [-0.05, 0) is 60.0 Å². The molecule has 1 aliphatic heterocycles. The lowest BCUT2D eigenvalue weighted by Gasteiger charge is -2.38. The number of aromatic amines is 1. The number of benzene rings is 3. The molecular formula is C27H27N3O4. The maximum Gasteiger partial charge on any atom is 0.257 e. The number of para-hydroxylation sites is 1. The number of hydrogen-bond acceptors (Lipinski definition) is 5. The van der Waals surface area contributed by atoms with E-state index in [1.165, 1.54) is 0 Å². The Labute approximate surface area is 198 Å². The molecule has 1 unspecified atom stereocenters. The molecule has 0 fully saturated rings. The van der Waals surface area contributed by atoms with E-state index >= 15 is 0 Å². The van der Waals surface area contributed by atoms with Gasteiger partial charge in [0, 0.05) is 29.3 Å². The van der Waals surface area contributed by atoms with Crippen LogP contribution in [-0.2, 0) is 6.42 Å². The van der Waals surface area contributed by atoms with Crippen molar-refractivity contribution in [2.24, 2.45) is 0 Å². The minimum atomic E-state index is -0.345. The van der Waals surface area contributed by atoms with E-state index in [1.807, 2.05) is 71.8 Å². The van der Waals surface area contributed by atoms with Crippen molar-refractivity contribution in [1.82, 2.24) is 9.88 Å². The van der Waals surface area contributed by atoms with Crippen molar-refractivity contribution >= 4 is 22.5 Å². The Morgan fingerprint density at radius 1 is 0.912 bits per heavy atom. The van der Waals surface area contributed by atoms with Gasteiger partial charge in [-0.1, -0.05) is 18.2 Å². The van der Waals surface area contributed by atoms with Gasteiger partial charge in [-0.2, -0.15) is 0 Å². The molecule has 0 saturated heterocycles. The third-order valence-corrected chi connectivity index (χ3v) is 6.34. The lowest BCUT2D eigenvalue weighted by Crippen LogP contribution is -2.44. The first-order valence-corrected chi connectivity index (χ1v) is 11.2. The maximum absolute atomic E-state index is 13.6. The minimum Gasteiger partial charge on any atom is -0.497 e. The Kier molecular flexibility index (Phi) is 5.76. The SMILES string of the molecule is COc1ccc2[nH]cc(CCN3C(=O)c4ccccc4NC3c3ccc(OC)c(OC)c3)c2c1. The standard InChI is InChI=1S/C27H27N3O4/c1-32-19-9-10-22-21(15-19)18(16-28-22)12-13-30-26(17-8-11-24(33-2)25(14-17)34-3)29-23-7-5-4-6-20(23)27(30)31/h4-11,14-16,26,28-29H,12-13H2,1-3H3. The average molecular weight is 458 g/mol. The Morgan fingerprint density at radius 3 is 2.53 bits per heavy atom. The van der Waals surface area contributed by atoms with Crippen molar-refractivity contribution in [2.45, 2.75) is 12.6 Å². The molecule has 0 radical (unpaired) electrons. The number of ether oxygens (including phenoxy) is 3. The lowest BCUT2D eigenvalue weighted by molar-refractivity contribution is 0.0685. The van der Waals surface area contributed by atoms with Crippen molar-refractivity contribution in [1.29, 1.82) is 0 Å². The molecule has 4 aromatic rings. The number of rotatable bonds is 7. The number of amides is 1. The zero-order valence-corrected chi connectivity index (χ0v) is 19.4. The molecule has 1 atom stereocenters. The lowest BCUT2D eigenvalue weighted by atomic mass is 10.0. The van der Waals surface area contributed by atoms with Crippen LogP contribution in [0.3, 0.4) is 0 Å². The van der Waals surface area contributed by atoms with Crippen LogP contribution >= 0.6 is 0 Å². The fourth-order valence-corrected chi connectivity index (χ4v) is 4.54. The van der Waals surface area contributed by atoms with Crippen LogP contribution < -0.4 is 19.5 Å². The molecule has 34 heavy (non-hydrogen) atoms. The number of aromatic nitrogens is 1. The van der Waals surface area contributed by atoms with Gasteiger partial charge in [-0.3, -0.25) is 4.79 Å².